The summed E-state index contributed by atoms with van der Waals surface area (Å²) in [4.78, 5) is 24.3. The third kappa shape index (κ3) is 4.27. The minimum absolute atomic E-state index is 0.143. The van der Waals surface area contributed by atoms with Gasteiger partial charge in [0, 0.05) is 6.42 Å². The van der Waals surface area contributed by atoms with E-state index in [2.05, 4.69) is 5.32 Å². The predicted molar refractivity (Wildman–Crippen MR) is 115 cm³/mol. The number of benzene rings is 4. The van der Waals surface area contributed by atoms with Crippen molar-refractivity contribution in [2.75, 3.05) is 0 Å². The minimum atomic E-state index is -1.04. The van der Waals surface area contributed by atoms with Gasteiger partial charge >= 0.3 is 5.97 Å². The molecule has 4 aromatic rings. The summed E-state index contributed by atoms with van der Waals surface area (Å²) in [5, 5.41) is 16.6. The van der Waals surface area contributed by atoms with Crippen molar-refractivity contribution in [2.24, 2.45) is 0 Å². The molecule has 0 aliphatic heterocycles. The molecule has 0 saturated heterocycles. The van der Waals surface area contributed by atoms with E-state index in [1.807, 2.05) is 84.9 Å². The summed E-state index contributed by atoms with van der Waals surface area (Å²) in [5.41, 5.74) is 1.76. The third-order valence-corrected chi connectivity index (χ3v) is 5.12. The number of hydrogen-bond acceptors (Lipinski definition) is 2. The van der Waals surface area contributed by atoms with E-state index < -0.39 is 12.0 Å². The van der Waals surface area contributed by atoms with Crippen LogP contribution in [-0.2, 0) is 22.4 Å². The van der Waals surface area contributed by atoms with Gasteiger partial charge in [-0.15, -0.1) is 0 Å². The van der Waals surface area contributed by atoms with Crippen molar-refractivity contribution in [2.45, 2.75) is 18.9 Å². The lowest BCUT2D eigenvalue weighted by molar-refractivity contribution is -0.141. The van der Waals surface area contributed by atoms with Gasteiger partial charge in [-0.25, -0.2) is 4.79 Å². The second kappa shape index (κ2) is 8.15. The predicted octanol–water partition coefficient (Wildman–Crippen LogP) is 4.35. The fourth-order valence-corrected chi connectivity index (χ4v) is 3.67. The summed E-state index contributed by atoms with van der Waals surface area (Å²) in [6, 6.07) is 26.5. The molecule has 0 unspecified atom stereocenters. The van der Waals surface area contributed by atoms with Crippen LogP contribution in [0.3, 0.4) is 0 Å². The molecule has 29 heavy (non-hydrogen) atoms. The van der Waals surface area contributed by atoms with Crippen molar-refractivity contribution in [3.8, 4) is 0 Å². The Kier molecular flexibility index (Phi) is 5.25. The zero-order valence-electron chi connectivity index (χ0n) is 15.8. The van der Waals surface area contributed by atoms with E-state index in [0.29, 0.717) is 0 Å². The molecule has 0 fully saturated rings. The highest BCUT2D eigenvalue weighted by atomic mass is 16.4. The van der Waals surface area contributed by atoms with E-state index in [0.717, 1.165) is 32.7 Å². The Hall–Kier alpha value is -3.66. The molecular formula is C25H21NO3. The van der Waals surface area contributed by atoms with E-state index in [1.54, 1.807) is 0 Å². The summed E-state index contributed by atoms with van der Waals surface area (Å²) >= 11 is 0. The van der Waals surface area contributed by atoms with Crippen LogP contribution < -0.4 is 5.32 Å². The normalized spacial score (nSPS) is 12.0. The van der Waals surface area contributed by atoms with E-state index in [9.17, 15) is 14.7 Å². The Balaban J connectivity index is 1.50. The smallest absolute Gasteiger partial charge is 0.326 e. The fraction of sp³-hybridized carbons (Fsp3) is 0.120. The van der Waals surface area contributed by atoms with E-state index >= 15 is 0 Å². The standard InChI is InChI=1S/C25H21NO3/c27-24(15-17-12-13-18-6-1-2-8-20(18)14-17)26-23(25(28)29)16-21-10-5-9-19-7-3-4-11-22(19)21/h1-14,23H,15-16H2,(H,26,27)(H,28,29)/t23-/m0/s1. The molecule has 2 N–H and O–H groups in total. The second-order valence-electron chi connectivity index (χ2n) is 7.16. The van der Waals surface area contributed by atoms with Crippen LogP contribution in [-0.4, -0.2) is 23.0 Å². The van der Waals surface area contributed by atoms with Crippen LogP contribution >= 0.6 is 0 Å². The van der Waals surface area contributed by atoms with Crippen molar-refractivity contribution in [1.29, 1.82) is 0 Å². The first kappa shape index (κ1) is 18.7. The first-order valence-electron chi connectivity index (χ1n) is 9.56. The molecule has 4 nitrogen and oxygen atoms in total. The van der Waals surface area contributed by atoms with Gasteiger partial charge in [-0.3, -0.25) is 4.79 Å². The Labute approximate surface area is 168 Å². The van der Waals surface area contributed by atoms with Gasteiger partial charge in [0.25, 0.3) is 0 Å². The van der Waals surface area contributed by atoms with Crippen molar-refractivity contribution < 1.29 is 14.7 Å². The molecule has 1 amide bonds. The van der Waals surface area contributed by atoms with E-state index in [-0.39, 0.29) is 18.7 Å². The number of aliphatic carboxylic acids is 1. The molecule has 0 aliphatic rings. The van der Waals surface area contributed by atoms with Crippen molar-refractivity contribution in [1.82, 2.24) is 5.32 Å². The maximum Gasteiger partial charge on any atom is 0.326 e. The van der Waals surface area contributed by atoms with Gasteiger partial charge in [0.05, 0.1) is 6.42 Å². The molecule has 0 aliphatic carbocycles. The van der Waals surface area contributed by atoms with Crippen LogP contribution in [0.25, 0.3) is 21.5 Å². The molecule has 0 heterocycles. The van der Waals surface area contributed by atoms with Crippen molar-refractivity contribution in [3.05, 3.63) is 96.1 Å². The second-order valence-corrected chi connectivity index (χ2v) is 7.16. The van der Waals surface area contributed by atoms with Crippen LogP contribution in [0.5, 0.6) is 0 Å². The summed E-state index contributed by atoms with van der Waals surface area (Å²) < 4.78 is 0. The Bertz CT molecular complexity index is 1190. The zero-order chi connectivity index (χ0) is 20.2. The number of hydrogen-bond donors (Lipinski definition) is 2. The molecule has 4 rings (SSSR count). The number of rotatable bonds is 6. The quantitative estimate of drug-likeness (QED) is 0.520. The summed E-state index contributed by atoms with van der Waals surface area (Å²) in [7, 11) is 0. The largest absolute Gasteiger partial charge is 0.480 e. The fourth-order valence-electron chi connectivity index (χ4n) is 3.67. The maximum absolute atomic E-state index is 12.5. The van der Waals surface area contributed by atoms with Gasteiger partial charge in [-0.05, 0) is 32.7 Å². The molecule has 4 aromatic carbocycles. The van der Waals surface area contributed by atoms with Crippen LogP contribution in [0.4, 0.5) is 0 Å². The summed E-state index contributed by atoms with van der Waals surface area (Å²) in [5.74, 6) is -1.34. The highest BCUT2D eigenvalue weighted by molar-refractivity contribution is 5.89. The monoisotopic (exact) mass is 383 g/mol. The van der Waals surface area contributed by atoms with Crippen LogP contribution in [0, 0.1) is 0 Å². The van der Waals surface area contributed by atoms with Gasteiger partial charge in [0.1, 0.15) is 6.04 Å². The molecule has 0 bridgehead atoms. The zero-order valence-corrected chi connectivity index (χ0v) is 15.8. The Morgan fingerprint density at radius 3 is 2.28 bits per heavy atom. The first-order valence-corrected chi connectivity index (χ1v) is 9.56. The number of carboxylic acid groups (broad SMARTS) is 1. The third-order valence-electron chi connectivity index (χ3n) is 5.12. The van der Waals surface area contributed by atoms with Gasteiger partial charge < -0.3 is 10.4 Å². The average Bonchev–Trinajstić information content (AvgIpc) is 2.73. The molecule has 0 radical (unpaired) electrons. The summed E-state index contributed by atoms with van der Waals surface area (Å²) in [6.07, 6.45) is 0.379. The topological polar surface area (TPSA) is 66.4 Å². The number of carbonyl (C=O) groups excluding carboxylic acids is 1. The summed E-state index contributed by atoms with van der Waals surface area (Å²) in [6.45, 7) is 0. The van der Waals surface area contributed by atoms with Gasteiger partial charge in [0.15, 0.2) is 0 Å². The number of carboxylic acids is 1. The highest BCUT2D eigenvalue weighted by Gasteiger charge is 2.21. The van der Waals surface area contributed by atoms with Crippen LogP contribution in [0.15, 0.2) is 84.9 Å². The molecule has 0 spiro atoms. The highest BCUT2D eigenvalue weighted by Crippen LogP contribution is 2.20. The van der Waals surface area contributed by atoms with E-state index in [1.165, 1.54) is 0 Å². The number of carbonyl (C=O) groups is 2. The average molecular weight is 383 g/mol. The van der Waals surface area contributed by atoms with Crippen molar-refractivity contribution in [3.63, 3.8) is 0 Å². The minimum Gasteiger partial charge on any atom is -0.480 e. The van der Waals surface area contributed by atoms with Gasteiger partial charge in [-0.1, -0.05) is 84.9 Å². The maximum atomic E-state index is 12.5. The van der Waals surface area contributed by atoms with Crippen molar-refractivity contribution >= 4 is 33.4 Å². The van der Waals surface area contributed by atoms with E-state index in [4.69, 9.17) is 0 Å². The number of amides is 1. The molecule has 144 valence electrons. The van der Waals surface area contributed by atoms with Gasteiger partial charge in [-0.2, -0.15) is 0 Å². The lowest BCUT2D eigenvalue weighted by Gasteiger charge is -2.16. The van der Waals surface area contributed by atoms with Crippen LogP contribution in [0.1, 0.15) is 11.1 Å². The Morgan fingerprint density at radius 1 is 0.793 bits per heavy atom. The van der Waals surface area contributed by atoms with Gasteiger partial charge in [0.2, 0.25) is 5.91 Å². The first-order chi connectivity index (χ1) is 14.1. The number of fused-ring (bicyclic) bond motifs is 2. The Morgan fingerprint density at radius 2 is 1.48 bits per heavy atom. The molecule has 0 saturated carbocycles. The lowest BCUT2D eigenvalue weighted by Crippen LogP contribution is -2.43. The van der Waals surface area contributed by atoms with Crippen LogP contribution in [0.2, 0.25) is 0 Å². The lowest BCUT2D eigenvalue weighted by atomic mass is 9.98. The molecular weight excluding hydrogens is 362 g/mol. The molecule has 4 heteroatoms. The SMILES string of the molecule is O=C(Cc1ccc2ccccc2c1)N[C@@H](Cc1cccc2ccccc12)C(=O)O. The molecule has 0 aromatic heterocycles. The number of nitrogens with one attached hydrogen (secondary N) is 1. The molecule has 1 atom stereocenters.